The summed E-state index contributed by atoms with van der Waals surface area (Å²) in [4.78, 5) is 0. The van der Waals surface area contributed by atoms with Crippen LogP contribution >= 0.6 is 23.2 Å². The lowest BCUT2D eigenvalue weighted by Gasteiger charge is -2.12. The van der Waals surface area contributed by atoms with Crippen LogP contribution in [0, 0.1) is 0 Å². The van der Waals surface area contributed by atoms with E-state index in [-0.39, 0.29) is 0 Å². The molecule has 0 heterocycles. The van der Waals surface area contributed by atoms with Crippen LogP contribution in [-0.2, 0) is 0 Å². The zero-order valence-electron chi connectivity index (χ0n) is 9.87. The Morgan fingerprint density at radius 1 is 0.941 bits per heavy atom. The maximum absolute atomic E-state index is 6.45. The van der Waals surface area contributed by atoms with Gasteiger partial charge >= 0.3 is 0 Å². The van der Waals surface area contributed by atoms with Gasteiger partial charge in [0.15, 0.2) is 0 Å². The molecule has 0 aliphatic rings. The van der Waals surface area contributed by atoms with Gasteiger partial charge in [0.2, 0.25) is 0 Å². The quantitative estimate of drug-likeness (QED) is 0.645. The first kappa shape index (κ1) is 12.5. The first-order valence-electron chi connectivity index (χ1n) is 5.64. The number of halogens is 2. The van der Waals surface area contributed by atoms with E-state index in [2.05, 4.69) is 19.9 Å². The van der Waals surface area contributed by atoms with Crippen molar-refractivity contribution in [1.29, 1.82) is 0 Å². The highest BCUT2D eigenvalue weighted by Gasteiger charge is 2.10. The van der Waals surface area contributed by atoms with E-state index in [1.807, 2.05) is 36.4 Å². The Labute approximate surface area is 112 Å². The van der Waals surface area contributed by atoms with E-state index in [9.17, 15) is 0 Å². The highest BCUT2D eigenvalue weighted by molar-refractivity contribution is 6.34. The molecule has 0 unspecified atom stereocenters. The molecule has 0 radical (unpaired) electrons. The Balaban J connectivity index is 2.57. The Bertz CT molecular complexity index is 530. The Morgan fingerprint density at radius 3 is 2.29 bits per heavy atom. The summed E-state index contributed by atoms with van der Waals surface area (Å²) >= 11 is 12.5. The molecule has 0 aliphatic heterocycles. The van der Waals surface area contributed by atoms with E-state index in [1.54, 1.807) is 0 Å². The fourth-order valence-corrected chi connectivity index (χ4v) is 2.52. The molecule has 0 amide bonds. The summed E-state index contributed by atoms with van der Waals surface area (Å²) in [5.74, 6) is 0.418. The van der Waals surface area contributed by atoms with E-state index in [0.717, 1.165) is 21.2 Å². The number of rotatable bonds is 2. The Kier molecular flexibility index (Phi) is 3.76. The average molecular weight is 265 g/mol. The molecule has 0 atom stereocenters. The zero-order chi connectivity index (χ0) is 12.4. The molecule has 0 saturated heterocycles. The van der Waals surface area contributed by atoms with Gasteiger partial charge in [-0.25, -0.2) is 0 Å². The largest absolute Gasteiger partial charge is 0.0843 e. The second-order valence-electron chi connectivity index (χ2n) is 4.37. The Hall–Kier alpha value is -0.980. The summed E-state index contributed by atoms with van der Waals surface area (Å²) in [7, 11) is 0. The maximum atomic E-state index is 6.45. The van der Waals surface area contributed by atoms with Crippen LogP contribution in [0.15, 0.2) is 42.5 Å². The number of hydrogen-bond donors (Lipinski definition) is 0. The molecule has 0 bridgehead atoms. The van der Waals surface area contributed by atoms with Gasteiger partial charge in [-0.2, -0.15) is 0 Å². The van der Waals surface area contributed by atoms with E-state index >= 15 is 0 Å². The monoisotopic (exact) mass is 264 g/mol. The fourth-order valence-electron chi connectivity index (χ4n) is 1.87. The second-order valence-corrected chi connectivity index (χ2v) is 5.19. The minimum Gasteiger partial charge on any atom is -0.0843 e. The predicted molar refractivity (Wildman–Crippen MR) is 76.0 cm³/mol. The van der Waals surface area contributed by atoms with Crippen LogP contribution in [0.1, 0.15) is 25.3 Å². The van der Waals surface area contributed by atoms with Crippen LogP contribution in [0.2, 0.25) is 10.0 Å². The average Bonchev–Trinajstić information content (AvgIpc) is 2.29. The Morgan fingerprint density at radius 2 is 1.65 bits per heavy atom. The predicted octanol–water partition coefficient (Wildman–Crippen LogP) is 5.78. The smallest absolute Gasteiger partial charge is 0.0518 e. The van der Waals surface area contributed by atoms with Gasteiger partial charge in [-0.15, -0.1) is 0 Å². The van der Waals surface area contributed by atoms with E-state index < -0.39 is 0 Å². The van der Waals surface area contributed by atoms with Gasteiger partial charge in [-0.3, -0.25) is 0 Å². The molecule has 0 aliphatic carbocycles. The van der Waals surface area contributed by atoms with Gasteiger partial charge in [0.05, 0.1) is 5.02 Å². The molecule has 2 heteroatoms. The highest BCUT2D eigenvalue weighted by atomic mass is 35.5. The molecule has 0 fully saturated rings. The number of hydrogen-bond acceptors (Lipinski definition) is 0. The third-order valence-electron chi connectivity index (χ3n) is 2.79. The molecule has 0 nitrogen and oxygen atoms in total. The van der Waals surface area contributed by atoms with Crippen LogP contribution in [0.5, 0.6) is 0 Å². The third kappa shape index (κ3) is 2.65. The minimum absolute atomic E-state index is 0.418. The van der Waals surface area contributed by atoms with Crippen molar-refractivity contribution in [1.82, 2.24) is 0 Å². The van der Waals surface area contributed by atoms with Crippen LogP contribution < -0.4 is 0 Å². The molecule has 2 aromatic carbocycles. The van der Waals surface area contributed by atoms with Gasteiger partial charge in [0.1, 0.15) is 0 Å². The molecule has 0 N–H and O–H groups in total. The molecule has 2 aromatic rings. The molecule has 2 rings (SSSR count). The molecule has 0 saturated carbocycles. The van der Waals surface area contributed by atoms with Gasteiger partial charge in [0, 0.05) is 10.6 Å². The van der Waals surface area contributed by atoms with Gasteiger partial charge in [-0.1, -0.05) is 67.4 Å². The van der Waals surface area contributed by atoms with E-state index in [4.69, 9.17) is 23.2 Å². The second kappa shape index (κ2) is 5.12. The van der Waals surface area contributed by atoms with Crippen molar-refractivity contribution in [2.75, 3.05) is 0 Å². The van der Waals surface area contributed by atoms with Gasteiger partial charge < -0.3 is 0 Å². The molecular weight excluding hydrogens is 251 g/mol. The maximum Gasteiger partial charge on any atom is 0.0518 e. The number of benzene rings is 2. The van der Waals surface area contributed by atoms with Gasteiger partial charge in [-0.05, 0) is 29.2 Å². The van der Waals surface area contributed by atoms with Crippen LogP contribution in [-0.4, -0.2) is 0 Å². The lowest BCUT2D eigenvalue weighted by atomic mass is 9.97. The topological polar surface area (TPSA) is 0 Å². The standard InChI is InChI=1S/C15H14Cl2/c1-10(2)13-7-4-8-14(15(13)17)11-5-3-6-12(16)9-11/h3-10H,1-2H3. The summed E-state index contributed by atoms with van der Waals surface area (Å²) < 4.78 is 0. The van der Waals surface area contributed by atoms with Crippen molar-refractivity contribution in [3.05, 3.63) is 58.1 Å². The third-order valence-corrected chi connectivity index (χ3v) is 3.44. The fraction of sp³-hybridized carbons (Fsp3) is 0.200. The summed E-state index contributed by atoms with van der Waals surface area (Å²) in [6.45, 7) is 4.28. The minimum atomic E-state index is 0.418. The van der Waals surface area contributed by atoms with Crippen molar-refractivity contribution < 1.29 is 0 Å². The first-order chi connectivity index (χ1) is 8.09. The van der Waals surface area contributed by atoms with Crippen molar-refractivity contribution >= 4 is 23.2 Å². The normalized spacial score (nSPS) is 10.9. The van der Waals surface area contributed by atoms with Crippen molar-refractivity contribution in [3.63, 3.8) is 0 Å². The first-order valence-corrected chi connectivity index (χ1v) is 6.39. The SMILES string of the molecule is CC(C)c1cccc(-c2cccc(Cl)c2)c1Cl. The van der Waals surface area contributed by atoms with Crippen molar-refractivity contribution in [3.8, 4) is 11.1 Å². The van der Waals surface area contributed by atoms with Crippen LogP contribution in [0.4, 0.5) is 0 Å². The summed E-state index contributed by atoms with van der Waals surface area (Å²) in [5, 5.41) is 1.55. The molecular formula is C15H14Cl2. The van der Waals surface area contributed by atoms with E-state index in [1.165, 1.54) is 5.56 Å². The van der Waals surface area contributed by atoms with Gasteiger partial charge in [0.25, 0.3) is 0 Å². The molecule has 0 aromatic heterocycles. The molecule has 17 heavy (non-hydrogen) atoms. The molecule has 0 spiro atoms. The molecule has 88 valence electrons. The lowest BCUT2D eigenvalue weighted by molar-refractivity contribution is 0.867. The van der Waals surface area contributed by atoms with Crippen LogP contribution in [0.25, 0.3) is 11.1 Å². The summed E-state index contributed by atoms with van der Waals surface area (Å²) in [6.07, 6.45) is 0. The van der Waals surface area contributed by atoms with Crippen molar-refractivity contribution in [2.45, 2.75) is 19.8 Å². The summed E-state index contributed by atoms with van der Waals surface area (Å²) in [5.41, 5.74) is 3.27. The summed E-state index contributed by atoms with van der Waals surface area (Å²) in [6, 6.07) is 13.9. The van der Waals surface area contributed by atoms with E-state index in [0.29, 0.717) is 5.92 Å². The van der Waals surface area contributed by atoms with Crippen LogP contribution in [0.3, 0.4) is 0 Å². The van der Waals surface area contributed by atoms with Crippen molar-refractivity contribution in [2.24, 2.45) is 0 Å². The highest BCUT2D eigenvalue weighted by Crippen LogP contribution is 2.34. The lowest BCUT2D eigenvalue weighted by Crippen LogP contribution is -1.91. The zero-order valence-corrected chi connectivity index (χ0v) is 11.4.